The van der Waals surface area contributed by atoms with Crippen molar-refractivity contribution in [2.24, 2.45) is 11.8 Å². The van der Waals surface area contributed by atoms with Crippen LogP contribution in [0.4, 0.5) is 0 Å². The number of ether oxygens (including phenoxy) is 2. The number of nitrogens with zero attached hydrogens (tertiary/aromatic N) is 2. The Morgan fingerprint density at radius 3 is 2.41 bits per heavy atom. The van der Waals surface area contributed by atoms with Gasteiger partial charge in [-0.1, -0.05) is 19.9 Å². The van der Waals surface area contributed by atoms with Gasteiger partial charge in [0.05, 0.1) is 0 Å². The van der Waals surface area contributed by atoms with Crippen molar-refractivity contribution in [2.45, 2.75) is 39.0 Å². The Labute approximate surface area is 160 Å². The van der Waals surface area contributed by atoms with Gasteiger partial charge >= 0.3 is 0 Å². The Bertz CT molecular complexity index is 723. The molecule has 4 rings (SSSR count). The lowest BCUT2D eigenvalue weighted by Gasteiger charge is -2.36. The molecule has 1 aromatic carbocycles. The van der Waals surface area contributed by atoms with Crippen LogP contribution in [0.2, 0.25) is 0 Å². The summed E-state index contributed by atoms with van der Waals surface area (Å²) in [6.07, 6.45) is 2.66. The summed E-state index contributed by atoms with van der Waals surface area (Å²) in [6.45, 7) is 7.01. The van der Waals surface area contributed by atoms with Crippen LogP contribution in [0.1, 0.15) is 44.6 Å². The molecule has 2 aliphatic heterocycles. The lowest BCUT2D eigenvalue weighted by atomic mass is 10.0. The minimum atomic E-state index is 0.0617. The third-order valence-corrected chi connectivity index (χ3v) is 6.17. The van der Waals surface area contributed by atoms with Crippen LogP contribution in [0.5, 0.6) is 11.5 Å². The molecule has 146 valence electrons. The van der Waals surface area contributed by atoms with Crippen molar-refractivity contribution in [1.29, 1.82) is 0 Å². The Balaban J connectivity index is 1.31. The monoisotopic (exact) mass is 372 g/mol. The molecule has 1 aromatic rings. The van der Waals surface area contributed by atoms with Crippen LogP contribution in [0.3, 0.4) is 0 Å². The van der Waals surface area contributed by atoms with Crippen molar-refractivity contribution < 1.29 is 19.1 Å². The third-order valence-electron chi connectivity index (χ3n) is 6.17. The molecule has 2 amide bonds. The standard InChI is InChI=1S/C21H28N2O4/c1-3-14(4-2)20(24)22-7-9-23(10-8-22)21(25)17-12-16(17)15-5-6-18-19(11-15)27-13-26-18/h5-6,11,14,16-17H,3-4,7-10,12-13H2,1-2H3. The molecule has 1 saturated heterocycles. The number of carbonyl (C=O) groups excluding carboxylic acids is 2. The summed E-state index contributed by atoms with van der Waals surface area (Å²) in [4.78, 5) is 29.3. The zero-order valence-electron chi connectivity index (χ0n) is 16.1. The SMILES string of the molecule is CCC(CC)C(=O)N1CCN(C(=O)C2CC2c2ccc3c(c2)OCO3)CC1. The fourth-order valence-electron chi connectivity index (χ4n) is 4.26. The van der Waals surface area contributed by atoms with E-state index in [-0.39, 0.29) is 36.4 Å². The van der Waals surface area contributed by atoms with Crippen LogP contribution < -0.4 is 9.47 Å². The zero-order valence-corrected chi connectivity index (χ0v) is 16.1. The molecular weight excluding hydrogens is 344 g/mol. The van der Waals surface area contributed by atoms with Crippen LogP contribution in [-0.2, 0) is 9.59 Å². The highest BCUT2D eigenvalue weighted by atomic mass is 16.7. The number of carbonyl (C=O) groups is 2. The fraction of sp³-hybridized carbons (Fsp3) is 0.619. The summed E-state index contributed by atoms with van der Waals surface area (Å²) in [6, 6.07) is 5.98. The minimum Gasteiger partial charge on any atom is -0.454 e. The summed E-state index contributed by atoms with van der Waals surface area (Å²) in [5.74, 6) is 2.48. The van der Waals surface area contributed by atoms with Gasteiger partial charge in [0.25, 0.3) is 0 Å². The summed E-state index contributed by atoms with van der Waals surface area (Å²) in [7, 11) is 0. The van der Waals surface area contributed by atoms with Gasteiger partial charge in [0, 0.05) is 38.0 Å². The van der Waals surface area contributed by atoms with E-state index in [1.807, 2.05) is 28.0 Å². The van der Waals surface area contributed by atoms with E-state index in [0.29, 0.717) is 26.2 Å². The summed E-state index contributed by atoms with van der Waals surface area (Å²) in [5.41, 5.74) is 1.15. The average molecular weight is 372 g/mol. The first-order valence-electron chi connectivity index (χ1n) is 10.1. The molecule has 0 radical (unpaired) electrons. The van der Waals surface area contributed by atoms with E-state index >= 15 is 0 Å². The van der Waals surface area contributed by atoms with Crippen molar-refractivity contribution in [3.63, 3.8) is 0 Å². The molecule has 2 unspecified atom stereocenters. The fourth-order valence-corrected chi connectivity index (χ4v) is 4.26. The van der Waals surface area contributed by atoms with Gasteiger partial charge in [0.15, 0.2) is 11.5 Å². The number of rotatable bonds is 5. The zero-order chi connectivity index (χ0) is 19.0. The van der Waals surface area contributed by atoms with Crippen molar-refractivity contribution in [1.82, 2.24) is 9.80 Å². The Kier molecular flexibility index (Phi) is 4.98. The van der Waals surface area contributed by atoms with Gasteiger partial charge in [0.1, 0.15) is 0 Å². The Morgan fingerprint density at radius 2 is 1.70 bits per heavy atom. The van der Waals surface area contributed by atoms with Gasteiger partial charge in [-0.25, -0.2) is 0 Å². The molecule has 1 saturated carbocycles. The smallest absolute Gasteiger partial charge is 0.231 e. The molecule has 0 spiro atoms. The molecule has 27 heavy (non-hydrogen) atoms. The summed E-state index contributed by atoms with van der Waals surface area (Å²) in [5, 5.41) is 0. The number of amides is 2. The second-order valence-electron chi connectivity index (χ2n) is 7.73. The van der Waals surface area contributed by atoms with Crippen LogP contribution in [-0.4, -0.2) is 54.6 Å². The number of hydrogen-bond donors (Lipinski definition) is 0. The van der Waals surface area contributed by atoms with E-state index in [4.69, 9.17) is 9.47 Å². The predicted molar refractivity (Wildman–Crippen MR) is 101 cm³/mol. The van der Waals surface area contributed by atoms with E-state index in [2.05, 4.69) is 13.8 Å². The maximum atomic E-state index is 12.9. The lowest BCUT2D eigenvalue weighted by Crippen LogP contribution is -2.52. The Hall–Kier alpha value is -2.24. The predicted octanol–water partition coefficient (Wildman–Crippen LogP) is 2.63. The first-order valence-corrected chi connectivity index (χ1v) is 10.1. The molecule has 0 N–H and O–H groups in total. The van der Waals surface area contributed by atoms with Gasteiger partial charge in [0.2, 0.25) is 18.6 Å². The highest BCUT2D eigenvalue weighted by Gasteiger charge is 2.46. The van der Waals surface area contributed by atoms with E-state index in [9.17, 15) is 9.59 Å². The highest BCUT2D eigenvalue weighted by molar-refractivity contribution is 5.84. The number of fused-ring (bicyclic) bond motifs is 1. The third kappa shape index (κ3) is 3.49. The Morgan fingerprint density at radius 1 is 1.04 bits per heavy atom. The first kappa shape index (κ1) is 18.1. The largest absolute Gasteiger partial charge is 0.454 e. The van der Waals surface area contributed by atoms with Crippen LogP contribution in [0.25, 0.3) is 0 Å². The van der Waals surface area contributed by atoms with Crippen LogP contribution >= 0.6 is 0 Å². The van der Waals surface area contributed by atoms with Gasteiger partial charge in [-0.15, -0.1) is 0 Å². The maximum absolute atomic E-state index is 12.9. The van der Waals surface area contributed by atoms with Gasteiger partial charge < -0.3 is 19.3 Å². The molecule has 2 atom stereocenters. The summed E-state index contributed by atoms with van der Waals surface area (Å²) < 4.78 is 10.8. The quantitative estimate of drug-likeness (QED) is 0.797. The van der Waals surface area contributed by atoms with Crippen molar-refractivity contribution in [2.75, 3.05) is 33.0 Å². The molecule has 6 nitrogen and oxygen atoms in total. The van der Waals surface area contributed by atoms with Gasteiger partial charge in [-0.3, -0.25) is 9.59 Å². The molecule has 3 aliphatic rings. The molecule has 2 fully saturated rings. The molecule has 2 heterocycles. The normalized spacial score (nSPS) is 23.7. The highest BCUT2D eigenvalue weighted by Crippen LogP contribution is 2.50. The van der Waals surface area contributed by atoms with Crippen LogP contribution in [0.15, 0.2) is 18.2 Å². The van der Waals surface area contributed by atoms with Gasteiger partial charge in [-0.2, -0.15) is 0 Å². The number of piperazine rings is 1. The van der Waals surface area contributed by atoms with Crippen molar-refractivity contribution in [3.05, 3.63) is 23.8 Å². The van der Waals surface area contributed by atoms with Crippen LogP contribution in [0, 0.1) is 11.8 Å². The molecule has 1 aliphatic carbocycles. The molecule has 0 aromatic heterocycles. The van der Waals surface area contributed by atoms with Crippen molar-refractivity contribution >= 4 is 11.8 Å². The maximum Gasteiger partial charge on any atom is 0.231 e. The van der Waals surface area contributed by atoms with E-state index in [1.54, 1.807) is 0 Å². The minimum absolute atomic E-state index is 0.0617. The topological polar surface area (TPSA) is 59.1 Å². The van der Waals surface area contributed by atoms with E-state index in [0.717, 1.165) is 36.3 Å². The van der Waals surface area contributed by atoms with Crippen molar-refractivity contribution in [3.8, 4) is 11.5 Å². The number of benzene rings is 1. The average Bonchev–Trinajstić information content (AvgIpc) is 3.37. The van der Waals surface area contributed by atoms with E-state index in [1.165, 1.54) is 0 Å². The van der Waals surface area contributed by atoms with E-state index < -0.39 is 0 Å². The second kappa shape index (κ2) is 7.41. The molecule has 0 bridgehead atoms. The lowest BCUT2D eigenvalue weighted by molar-refractivity contribution is -0.142. The molecule has 6 heteroatoms. The summed E-state index contributed by atoms with van der Waals surface area (Å²) >= 11 is 0. The molecular formula is C21H28N2O4. The second-order valence-corrected chi connectivity index (χ2v) is 7.73. The number of hydrogen-bond acceptors (Lipinski definition) is 4. The van der Waals surface area contributed by atoms with Gasteiger partial charge in [-0.05, 0) is 42.9 Å². The first-order chi connectivity index (χ1) is 13.1.